The molecule has 3 rings (SSSR count). The van der Waals surface area contributed by atoms with Crippen LogP contribution in [0, 0.1) is 0 Å². The van der Waals surface area contributed by atoms with Crippen molar-refractivity contribution >= 4 is 34.6 Å². The summed E-state index contributed by atoms with van der Waals surface area (Å²) in [6.07, 6.45) is -1.96. The number of fused-ring (bicyclic) bond motifs is 1. The summed E-state index contributed by atoms with van der Waals surface area (Å²) in [6.45, 7) is 3.37. The number of benzene rings is 2. The number of ether oxygens (including phenoxy) is 4. The van der Waals surface area contributed by atoms with E-state index >= 15 is 0 Å². The van der Waals surface area contributed by atoms with Crippen molar-refractivity contribution in [2.75, 3.05) is 13.7 Å². The van der Waals surface area contributed by atoms with E-state index in [-0.39, 0.29) is 6.54 Å². The highest BCUT2D eigenvalue weighted by Crippen LogP contribution is 2.26. The van der Waals surface area contributed by atoms with Gasteiger partial charge < -0.3 is 24.3 Å². The Morgan fingerprint density at radius 2 is 1.75 bits per heavy atom. The van der Waals surface area contributed by atoms with Crippen LogP contribution in [0.2, 0.25) is 5.02 Å². The van der Waals surface area contributed by atoms with Gasteiger partial charge in [0.25, 0.3) is 0 Å². The summed E-state index contributed by atoms with van der Waals surface area (Å²) in [4.78, 5) is 27.7. The molecule has 0 aliphatic heterocycles. The van der Waals surface area contributed by atoms with Crippen molar-refractivity contribution in [2.24, 2.45) is 0 Å². The van der Waals surface area contributed by atoms with Crippen molar-refractivity contribution in [2.45, 2.75) is 26.1 Å². The molecule has 3 aromatic rings. The van der Waals surface area contributed by atoms with Gasteiger partial charge in [-0.3, -0.25) is 0 Å². The molecule has 168 valence electrons. The van der Waals surface area contributed by atoms with E-state index in [1.165, 1.54) is 7.11 Å². The standard InChI is InChI=1S/C23H23ClN2O6/c1-14(13-25-23(28)29-3)30-22(27)15(2)31-18-6-8-19(9-7-18)32-21-11-4-16-12-17(24)5-10-20(16)26-21/h4-12,14-15H,13H2,1-3H3,(H,25,28). The number of carbonyl (C=O) groups is 2. The lowest BCUT2D eigenvalue weighted by Crippen LogP contribution is -2.36. The summed E-state index contributed by atoms with van der Waals surface area (Å²) in [5.41, 5.74) is 0.773. The molecule has 9 heteroatoms. The Morgan fingerprint density at radius 1 is 1.03 bits per heavy atom. The molecule has 0 saturated heterocycles. The first-order valence-corrected chi connectivity index (χ1v) is 10.2. The third kappa shape index (κ3) is 6.49. The quantitative estimate of drug-likeness (QED) is 0.487. The molecular formula is C23H23ClN2O6. The molecule has 0 aliphatic rings. The SMILES string of the molecule is COC(=O)NCC(C)OC(=O)C(C)Oc1ccc(Oc2ccc3cc(Cl)ccc3n2)cc1. The van der Waals surface area contributed by atoms with Gasteiger partial charge in [0, 0.05) is 16.5 Å². The van der Waals surface area contributed by atoms with Gasteiger partial charge in [0.1, 0.15) is 17.6 Å². The predicted octanol–water partition coefficient (Wildman–Crippen LogP) is 4.74. The monoisotopic (exact) mass is 458 g/mol. The van der Waals surface area contributed by atoms with E-state index in [4.69, 9.17) is 25.8 Å². The third-order valence-corrected chi connectivity index (χ3v) is 4.59. The van der Waals surface area contributed by atoms with E-state index in [0.717, 1.165) is 10.9 Å². The smallest absolute Gasteiger partial charge is 0.406 e. The van der Waals surface area contributed by atoms with Gasteiger partial charge >= 0.3 is 12.1 Å². The first kappa shape index (κ1) is 23.1. The molecule has 1 heterocycles. The van der Waals surface area contributed by atoms with Crippen molar-refractivity contribution in [3.63, 3.8) is 0 Å². The van der Waals surface area contributed by atoms with Gasteiger partial charge in [-0.05, 0) is 62.4 Å². The number of pyridine rings is 1. The lowest BCUT2D eigenvalue weighted by molar-refractivity contribution is -0.155. The first-order chi connectivity index (χ1) is 15.3. The van der Waals surface area contributed by atoms with Crippen LogP contribution < -0.4 is 14.8 Å². The minimum absolute atomic E-state index is 0.132. The molecule has 1 amide bonds. The molecule has 0 radical (unpaired) electrons. The summed E-state index contributed by atoms with van der Waals surface area (Å²) >= 11 is 5.99. The highest BCUT2D eigenvalue weighted by molar-refractivity contribution is 6.31. The summed E-state index contributed by atoms with van der Waals surface area (Å²) in [5, 5.41) is 4.03. The van der Waals surface area contributed by atoms with E-state index in [9.17, 15) is 9.59 Å². The fourth-order valence-corrected chi connectivity index (χ4v) is 2.91. The van der Waals surface area contributed by atoms with Gasteiger partial charge in [-0.2, -0.15) is 0 Å². The lowest BCUT2D eigenvalue weighted by atomic mass is 10.2. The fraction of sp³-hybridized carbons (Fsp3) is 0.261. The van der Waals surface area contributed by atoms with Crippen molar-refractivity contribution in [3.8, 4) is 17.4 Å². The molecule has 0 fully saturated rings. The van der Waals surface area contributed by atoms with Gasteiger partial charge in [0.15, 0.2) is 6.10 Å². The second-order valence-electron chi connectivity index (χ2n) is 6.94. The summed E-state index contributed by atoms with van der Waals surface area (Å²) < 4.78 is 21.1. The number of hydrogen-bond donors (Lipinski definition) is 1. The number of methoxy groups -OCH3 is 1. The highest BCUT2D eigenvalue weighted by Gasteiger charge is 2.19. The number of amides is 1. The van der Waals surface area contributed by atoms with Gasteiger partial charge in [0.2, 0.25) is 5.88 Å². The van der Waals surface area contributed by atoms with Crippen LogP contribution in [0.1, 0.15) is 13.8 Å². The number of nitrogens with zero attached hydrogens (tertiary/aromatic N) is 1. The minimum atomic E-state index is -0.837. The Hall–Kier alpha value is -3.52. The average Bonchev–Trinajstić information content (AvgIpc) is 2.78. The molecule has 1 N–H and O–H groups in total. The van der Waals surface area contributed by atoms with Crippen LogP contribution in [0.4, 0.5) is 4.79 Å². The van der Waals surface area contributed by atoms with Crippen molar-refractivity contribution in [1.82, 2.24) is 10.3 Å². The summed E-state index contributed by atoms with van der Waals surface area (Å²) in [5.74, 6) is 0.934. The molecule has 0 bridgehead atoms. The van der Waals surface area contributed by atoms with E-state index in [1.54, 1.807) is 50.2 Å². The number of carbonyl (C=O) groups excluding carboxylic acids is 2. The molecule has 1 aromatic heterocycles. The Labute approximate surface area is 190 Å². The molecular weight excluding hydrogens is 436 g/mol. The summed E-state index contributed by atoms with van der Waals surface area (Å²) in [6, 6.07) is 15.9. The van der Waals surface area contributed by atoms with Crippen LogP contribution >= 0.6 is 11.6 Å². The van der Waals surface area contributed by atoms with Crippen molar-refractivity contribution in [3.05, 3.63) is 59.6 Å². The summed E-state index contributed by atoms with van der Waals surface area (Å²) in [7, 11) is 1.26. The number of alkyl carbamates (subject to hydrolysis) is 1. The van der Waals surface area contributed by atoms with E-state index < -0.39 is 24.3 Å². The van der Waals surface area contributed by atoms with Crippen molar-refractivity contribution in [1.29, 1.82) is 0 Å². The predicted molar refractivity (Wildman–Crippen MR) is 119 cm³/mol. The van der Waals surface area contributed by atoms with E-state index in [0.29, 0.717) is 22.4 Å². The van der Waals surface area contributed by atoms with E-state index in [2.05, 4.69) is 15.0 Å². The van der Waals surface area contributed by atoms with Crippen molar-refractivity contribution < 1.29 is 28.5 Å². The normalized spacial score (nSPS) is 12.5. The zero-order valence-electron chi connectivity index (χ0n) is 17.8. The van der Waals surface area contributed by atoms with Crippen LogP contribution in [-0.4, -0.2) is 42.9 Å². The first-order valence-electron chi connectivity index (χ1n) is 9.87. The molecule has 2 unspecified atom stereocenters. The van der Waals surface area contributed by atoms with Gasteiger partial charge in [-0.15, -0.1) is 0 Å². The number of hydrogen-bond acceptors (Lipinski definition) is 7. The number of esters is 1. The van der Waals surface area contributed by atoms with Gasteiger partial charge in [-0.25, -0.2) is 14.6 Å². The molecule has 0 spiro atoms. The average molecular weight is 459 g/mol. The molecule has 8 nitrogen and oxygen atoms in total. The Kier molecular flexibility index (Phi) is 7.72. The molecule has 2 aromatic carbocycles. The zero-order valence-corrected chi connectivity index (χ0v) is 18.6. The second-order valence-corrected chi connectivity index (χ2v) is 7.38. The molecule has 2 atom stereocenters. The fourth-order valence-electron chi connectivity index (χ4n) is 2.73. The van der Waals surface area contributed by atoms with Crippen LogP contribution in [-0.2, 0) is 14.3 Å². The van der Waals surface area contributed by atoms with Gasteiger partial charge in [0.05, 0.1) is 19.2 Å². The maximum atomic E-state index is 12.2. The van der Waals surface area contributed by atoms with E-state index in [1.807, 2.05) is 18.2 Å². The minimum Gasteiger partial charge on any atom is -0.479 e. The second kappa shape index (κ2) is 10.7. The van der Waals surface area contributed by atoms with Crippen LogP contribution in [0.25, 0.3) is 10.9 Å². The molecule has 32 heavy (non-hydrogen) atoms. The van der Waals surface area contributed by atoms with Crippen LogP contribution in [0.3, 0.4) is 0 Å². The molecule has 0 aliphatic carbocycles. The topological polar surface area (TPSA) is 96.0 Å². The maximum Gasteiger partial charge on any atom is 0.406 e. The third-order valence-electron chi connectivity index (χ3n) is 4.35. The lowest BCUT2D eigenvalue weighted by Gasteiger charge is -2.18. The number of aromatic nitrogens is 1. The Balaban J connectivity index is 1.53. The highest BCUT2D eigenvalue weighted by atomic mass is 35.5. The Bertz CT molecular complexity index is 1090. The van der Waals surface area contributed by atoms with Gasteiger partial charge in [-0.1, -0.05) is 11.6 Å². The largest absolute Gasteiger partial charge is 0.479 e. The van der Waals surface area contributed by atoms with Crippen LogP contribution in [0.5, 0.6) is 17.4 Å². The number of nitrogens with one attached hydrogen (secondary N) is 1. The molecule has 0 saturated carbocycles. The number of rotatable bonds is 8. The number of halogens is 1. The maximum absolute atomic E-state index is 12.2. The van der Waals surface area contributed by atoms with Crippen LogP contribution in [0.15, 0.2) is 54.6 Å². The zero-order chi connectivity index (χ0) is 23.1. The Morgan fingerprint density at radius 3 is 2.47 bits per heavy atom.